The van der Waals surface area contributed by atoms with Gasteiger partial charge in [0.2, 0.25) is 0 Å². The molecule has 0 aromatic heterocycles. The summed E-state index contributed by atoms with van der Waals surface area (Å²) in [6.45, 7) is 0.885. The Morgan fingerprint density at radius 1 is 1.25 bits per heavy atom. The number of terminal acetylenes is 1. The number of nitrogens with one attached hydrogen (secondary N) is 1. The van der Waals surface area contributed by atoms with Gasteiger partial charge in [-0.25, -0.2) is 0 Å². The Bertz CT molecular complexity index is 496. The van der Waals surface area contributed by atoms with Gasteiger partial charge in [-0.3, -0.25) is 0 Å². The van der Waals surface area contributed by atoms with Gasteiger partial charge in [-0.15, -0.1) is 6.42 Å². The van der Waals surface area contributed by atoms with Gasteiger partial charge in [-0.1, -0.05) is 31.2 Å². The summed E-state index contributed by atoms with van der Waals surface area (Å²) in [7, 11) is 0. The summed E-state index contributed by atoms with van der Waals surface area (Å²) in [6, 6.07) is 8.03. The van der Waals surface area contributed by atoms with Gasteiger partial charge in [0.05, 0.1) is 11.7 Å². The highest BCUT2D eigenvalue weighted by Crippen LogP contribution is 2.41. The van der Waals surface area contributed by atoms with Crippen LogP contribution >= 0.6 is 0 Å². The summed E-state index contributed by atoms with van der Waals surface area (Å²) in [6.07, 6.45) is 14.8. The molecule has 2 aliphatic rings. The highest BCUT2D eigenvalue weighted by Gasteiger charge is 2.40. The van der Waals surface area contributed by atoms with Crippen LogP contribution in [0, 0.1) is 12.3 Å². The first-order chi connectivity index (χ1) is 9.80. The first-order valence-corrected chi connectivity index (χ1v) is 7.78. The Kier molecular flexibility index (Phi) is 3.98. The van der Waals surface area contributed by atoms with Crippen molar-refractivity contribution < 1.29 is 4.74 Å². The minimum atomic E-state index is 0.214. The predicted molar refractivity (Wildman–Crippen MR) is 82.8 cm³/mol. The smallest absolute Gasteiger partial charge is 0.0756 e. The van der Waals surface area contributed by atoms with Gasteiger partial charge < -0.3 is 10.1 Å². The first kappa shape index (κ1) is 13.5. The minimum absolute atomic E-state index is 0.214. The zero-order chi connectivity index (χ0) is 13.8. The Morgan fingerprint density at radius 3 is 2.90 bits per heavy atom. The van der Waals surface area contributed by atoms with Crippen molar-refractivity contribution in [3.05, 3.63) is 29.8 Å². The van der Waals surface area contributed by atoms with Crippen molar-refractivity contribution in [2.45, 2.75) is 56.7 Å². The maximum atomic E-state index is 6.37. The molecule has 20 heavy (non-hydrogen) atoms. The molecule has 1 aliphatic carbocycles. The molecular formula is C18H23NO. The number of ether oxygens (including phenoxy) is 1. The molecule has 1 unspecified atom stereocenters. The van der Waals surface area contributed by atoms with Crippen molar-refractivity contribution in [1.29, 1.82) is 0 Å². The summed E-state index contributed by atoms with van der Waals surface area (Å²) in [5.41, 5.74) is 2.23. The molecule has 1 atom stereocenters. The highest BCUT2D eigenvalue weighted by atomic mass is 16.5. The van der Waals surface area contributed by atoms with Gasteiger partial charge in [0.1, 0.15) is 0 Å². The maximum absolute atomic E-state index is 6.37. The Morgan fingerprint density at radius 2 is 2.10 bits per heavy atom. The van der Waals surface area contributed by atoms with E-state index in [-0.39, 0.29) is 5.60 Å². The summed E-state index contributed by atoms with van der Waals surface area (Å²) in [5, 5.41) is 3.46. The van der Waals surface area contributed by atoms with Crippen LogP contribution in [0.2, 0.25) is 0 Å². The zero-order valence-corrected chi connectivity index (χ0v) is 12.0. The molecule has 1 spiro atoms. The van der Waals surface area contributed by atoms with Crippen LogP contribution in [-0.4, -0.2) is 18.2 Å². The lowest BCUT2D eigenvalue weighted by molar-refractivity contribution is -0.0588. The third kappa shape index (κ3) is 2.99. The molecule has 1 N–H and O–H groups in total. The second-order valence-electron chi connectivity index (χ2n) is 6.13. The molecule has 2 heteroatoms. The summed E-state index contributed by atoms with van der Waals surface area (Å²) >= 11 is 0. The molecular weight excluding hydrogens is 246 g/mol. The first-order valence-electron chi connectivity index (χ1n) is 7.78. The highest BCUT2D eigenvalue weighted by molar-refractivity contribution is 5.50. The summed E-state index contributed by atoms with van der Waals surface area (Å²) < 4.78 is 6.37. The molecule has 1 aromatic rings. The average molecular weight is 269 g/mol. The molecule has 3 rings (SSSR count). The third-order valence-electron chi connectivity index (χ3n) is 4.67. The Hall–Kier alpha value is -1.46. The Balaban J connectivity index is 1.53. The van der Waals surface area contributed by atoms with Gasteiger partial charge in [0.15, 0.2) is 0 Å². The van der Waals surface area contributed by atoms with E-state index in [1.807, 2.05) is 18.2 Å². The van der Waals surface area contributed by atoms with Crippen LogP contribution in [0.25, 0.3) is 0 Å². The van der Waals surface area contributed by atoms with E-state index in [1.165, 1.54) is 44.9 Å². The second kappa shape index (κ2) is 5.89. The lowest BCUT2D eigenvalue weighted by Gasteiger charge is -2.33. The SMILES string of the molecule is C#Cc1cccc(NCC2CCC3(CCCCC3)O2)c1. The summed E-state index contributed by atoms with van der Waals surface area (Å²) in [4.78, 5) is 0. The van der Waals surface area contributed by atoms with E-state index < -0.39 is 0 Å². The van der Waals surface area contributed by atoms with Gasteiger partial charge in [0, 0.05) is 17.8 Å². The van der Waals surface area contributed by atoms with Crippen LogP contribution in [-0.2, 0) is 4.74 Å². The zero-order valence-electron chi connectivity index (χ0n) is 12.0. The van der Waals surface area contributed by atoms with Crippen LogP contribution < -0.4 is 5.32 Å². The molecule has 1 saturated heterocycles. The van der Waals surface area contributed by atoms with E-state index in [9.17, 15) is 0 Å². The molecule has 0 radical (unpaired) electrons. The fraction of sp³-hybridized carbons (Fsp3) is 0.556. The number of rotatable bonds is 3. The molecule has 0 bridgehead atoms. The van der Waals surface area contributed by atoms with Gasteiger partial charge in [0.25, 0.3) is 0 Å². The molecule has 2 nitrogen and oxygen atoms in total. The number of hydrogen-bond acceptors (Lipinski definition) is 2. The second-order valence-corrected chi connectivity index (χ2v) is 6.13. The summed E-state index contributed by atoms with van der Waals surface area (Å²) in [5.74, 6) is 2.67. The van der Waals surface area contributed by atoms with Crippen LogP contribution in [0.5, 0.6) is 0 Å². The topological polar surface area (TPSA) is 21.3 Å². The van der Waals surface area contributed by atoms with Crippen LogP contribution in [0.3, 0.4) is 0 Å². The minimum Gasteiger partial charge on any atom is -0.382 e. The van der Waals surface area contributed by atoms with E-state index >= 15 is 0 Å². The third-order valence-corrected chi connectivity index (χ3v) is 4.67. The van der Waals surface area contributed by atoms with Crippen molar-refractivity contribution in [2.24, 2.45) is 0 Å². The van der Waals surface area contributed by atoms with E-state index in [4.69, 9.17) is 11.2 Å². The average Bonchev–Trinajstić information content (AvgIpc) is 2.89. The molecule has 1 heterocycles. The van der Waals surface area contributed by atoms with Gasteiger partial charge in [-0.2, -0.15) is 0 Å². The molecule has 106 valence electrons. The van der Waals surface area contributed by atoms with Gasteiger partial charge in [-0.05, 0) is 43.9 Å². The van der Waals surface area contributed by atoms with E-state index in [0.717, 1.165) is 17.8 Å². The van der Waals surface area contributed by atoms with Crippen LogP contribution in [0.4, 0.5) is 5.69 Å². The lowest BCUT2D eigenvalue weighted by Crippen LogP contribution is -2.33. The van der Waals surface area contributed by atoms with E-state index in [1.54, 1.807) is 0 Å². The molecule has 2 fully saturated rings. The van der Waals surface area contributed by atoms with Crippen molar-refractivity contribution in [1.82, 2.24) is 0 Å². The number of hydrogen-bond donors (Lipinski definition) is 1. The molecule has 1 aromatic carbocycles. The largest absolute Gasteiger partial charge is 0.382 e. The van der Waals surface area contributed by atoms with Crippen LogP contribution in [0.15, 0.2) is 24.3 Å². The monoisotopic (exact) mass is 269 g/mol. The molecule has 0 amide bonds. The van der Waals surface area contributed by atoms with Crippen molar-refractivity contribution in [3.8, 4) is 12.3 Å². The van der Waals surface area contributed by atoms with E-state index in [2.05, 4.69) is 17.3 Å². The number of benzene rings is 1. The molecule has 1 saturated carbocycles. The molecule has 1 aliphatic heterocycles. The fourth-order valence-electron chi connectivity index (χ4n) is 3.55. The Labute approximate surface area is 121 Å². The maximum Gasteiger partial charge on any atom is 0.0756 e. The van der Waals surface area contributed by atoms with Gasteiger partial charge >= 0.3 is 0 Å². The van der Waals surface area contributed by atoms with Crippen LogP contribution in [0.1, 0.15) is 50.5 Å². The van der Waals surface area contributed by atoms with Crippen molar-refractivity contribution in [2.75, 3.05) is 11.9 Å². The standard InChI is InChI=1S/C18H23NO/c1-2-15-7-6-8-16(13-15)19-14-17-9-12-18(20-17)10-4-3-5-11-18/h1,6-8,13,17,19H,3-5,9-12,14H2. The predicted octanol–water partition coefficient (Wildman–Crippen LogP) is 3.96. The van der Waals surface area contributed by atoms with Crippen molar-refractivity contribution in [3.63, 3.8) is 0 Å². The lowest BCUT2D eigenvalue weighted by atomic mass is 9.83. The fourth-order valence-corrected chi connectivity index (χ4v) is 3.55. The normalized spacial score (nSPS) is 24.4. The quantitative estimate of drug-likeness (QED) is 0.839. The van der Waals surface area contributed by atoms with E-state index in [0.29, 0.717) is 6.10 Å². The number of anilines is 1. The van der Waals surface area contributed by atoms with Crippen molar-refractivity contribution >= 4 is 5.69 Å².